The zero-order valence-corrected chi connectivity index (χ0v) is 10.6. The summed E-state index contributed by atoms with van der Waals surface area (Å²) in [5.74, 6) is -1.55. The molecule has 5 nitrogen and oxygen atoms in total. The summed E-state index contributed by atoms with van der Waals surface area (Å²) in [5.41, 5.74) is 0.125. The number of benzene rings is 1. The fraction of sp³-hybridized carbons (Fsp3) is 0.333. The van der Waals surface area contributed by atoms with E-state index in [9.17, 15) is 14.7 Å². The fourth-order valence-electron chi connectivity index (χ4n) is 1.46. The van der Waals surface area contributed by atoms with Gasteiger partial charge in [-0.15, -0.1) is 0 Å². The van der Waals surface area contributed by atoms with Crippen molar-refractivity contribution in [2.75, 3.05) is 0 Å². The standard InChI is InChI=1S/C12H14ClNO4/c1-2-7(5-11(16)17)14-12(18)9-6-8(15)3-4-10(9)13/h3-4,6-7,15H,2,5H2,1H3,(H,14,18)(H,16,17). The molecule has 0 heterocycles. The average Bonchev–Trinajstić information content (AvgIpc) is 2.30. The quantitative estimate of drug-likeness (QED) is 0.765. The molecule has 0 bridgehead atoms. The van der Waals surface area contributed by atoms with Gasteiger partial charge in [-0.3, -0.25) is 9.59 Å². The molecule has 0 radical (unpaired) electrons. The van der Waals surface area contributed by atoms with Crippen molar-refractivity contribution >= 4 is 23.5 Å². The maximum Gasteiger partial charge on any atom is 0.305 e. The number of halogens is 1. The minimum Gasteiger partial charge on any atom is -0.508 e. The summed E-state index contributed by atoms with van der Waals surface area (Å²) in [6, 6.07) is 3.55. The molecule has 18 heavy (non-hydrogen) atoms. The Labute approximate surface area is 109 Å². The molecule has 0 aliphatic rings. The SMILES string of the molecule is CCC(CC(=O)O)NC(=O)c1cc(O)ccc1Cl. The molecule has 1 aromatic carbocycles. The van der Waals surface area contributed by atoms with E-state index < -0.39 is 17.9 Å². The van der Waals surface area contributed by atoms with Gasteiger partial charge in [0.15, 0.2) is 0 Å². The smallest absolute Gasteiger partial charge is 0.305 e. The van der Waals surface area contributed by atoms with Crippen LogP contribution in [0.25, 0.3) is 0 Å². The number of carboxylic acid groups (broad SMARTS) is 1. The number of rotatable bonds is 5. The Morgan fingerprint density at radius 2 is 2.11 bits per heavy atom. The van der Waals surface area contributed by atoms with E-state index in [1.807, 2.05) is 0 Å². The van der Waals surface area contributed by atoms with E-state index in [1.165, 1.54) is 18.2 Å². The third kappa shape index (κ3) is 3.92. The Bertz CT molecular complexity index is 461. The van der Waals surface area contributed by atoms with Crippen molar-refractivity contribution in [2.45, 2.75) is 25.8 Å². The molecule has 98 valence electrons. The predicted molar refractivity (Wildman–Crippen MR) is 66.9 cm³/mol. The van der Waals surface area contributed by atoms with E-state index in [0.717, 1.165) is 0 Å². The number of carbonyl (C=O) groups excluding carboxylic acids is 1. The summed E-state index contributed by atoms with van der Waals surface area (Å²) in [4.78, 5) is 22.5. The molecule has 0 saturated carbocycles. The highest BCUT2D eigenvalue weighted by molar-refractivity contribution is 6.33. The van der Waals surface area contributed by atoms with Gasteiger partial charge in [-0.2, -0.15) is 0 Å². The molecule has 0 aliphatic heterocycles. The van der Waals surface area contributed by atoms with Gasteiger partial charge in [-0.05, 0) is 24.6 Å². The van der Waals surface area contributed by atoms with Gasteiger partial charge in [0, 0.05) is 6.04 Å². The zero-order chi connectivity index (χ0) is 13.7. The molecule has 0 fully saturated rings. The fourth-order valence-corrected chi connectivity index (χ4v) is 1.66. The van der Waals surface area contributed by atoms with Crippen molar-refractivity contribution in [3.8, 4) is 5.75 Å². The lowest BCUT2D eigenvalue weighted by Crippen LogP contribution is -2.36. The number of carboxylic acids is 1. The molecular weight excluding hydrogens is 258 g/mol. The highest BCUT2D eigenvalue weighted by Gasteiger charge is 2.17. The van der Waals surface area contributed by atoms with Gasteiger partial charge in [-0.25, -0.2) is 0 Å². The van der Waals surface area contributed by atoms with Gasteiger partial charge in [0.2, 0.25) is 0 Å². The summed E-state index contributed by atoms with van der Waals surface area (Å²) in [5, 5.41) is 20.7. The monoisotopic (exact) mass is 271 g/mol. The van der Waals surface area contributed by atoms with Gasteiger partial charge in [0.1, 0.15) is 5.75 Å². The lowest BCUT2D eigenvalue weighted by Gasteiger charge is -2.15. The van der Waals surface area contributed by atoms with Crippen LogP contribution in [0, 0.1) is 0 Å². The molecule has 1 atom stereocenters. The molecule has 0 spiro atoms. The van der Waals surface area contributed by atoms with E-state index in [4.69, 9.17) is 16.7 Å². The topological polar surface area (TPSA) is 86.6 Å². The Kier molecular flexibility index (Phi) is 4.97. The van der Waals surface area contributed by atoms with Gasteiger partial charge in [-0.1, -0.05) is 18.5 Å². The van der Waals surface area contributed by atoms with Gasteiger partial charge in [0.25, 0.3) is 5.91 Å². The van der Waals surface area contributed by atoms with Gasteiger partial charge < -0.3 is 15.5 Å². The molecular formula is C12H14ClNO4. The number of amides is 1. The molecule has 0 aliphatic carbocycles. The van der Waals surface area contributed by atoms with Crippen LogP contribution in [0.4, 0.5) is 0 Å². The number of carbonyl (C=O) groups is 2. The molecule has 6 heteroatoms. The van der Waals surface area contributed by atoms with Crippen LogP contribution in [0.15, 0.2) is 18.2 Å². The second kappa shape index (κ2) is 6.26. The first kappa shape index (κ1) is 14.3. The van der Waals surface area contributed by atoms with E-state index in [0.29, 0.717) is 6.42 Å². The maximum atomic E-state index is 11.9. The second-order valence-electron chi connectivity index (χ2n) is 3.84. The molecule has 1 amide bonds. The largest absolute Gasteiger partial charge is 0.508 e. The Balaban J connectivity index is 2.80. The number of hydrogen-bond acceptors (Lipinski definition) is 3. The third-order valence-corrected chi connectivity index (χ3v) is 2.77. The first-order valence-electron chi connectivity index (χ1n) is 5.45. The van der Waals surface area contributed by atoms with Crippen LogP contribution in [-0.4, -0.2) is 28.1 Å². The predicted octanol–water partition coefficient (Wildman–Crippen LogP) is 2.03. The molecule has 0 saturated heterocycles. The van der Waals surface area contributed by atoms with Crippen molar-refractivity contribution in [2.24, 2.45) is 0 Å². The van der Waals surface area contributed by atoms with E-state index in [-0.39, 0.29) is 22.8 Å². The average molecular weight is 272 g/mol. The molecule has 1 aromatic rings. The lowest BCUT2D eigenvalue weighted by atomic mass is 10.1. The Hall–Kier alpha value is -1.75. The van der Waals surface area contributed by atoms with Crippen LogP contribution < -0.4 is 5.32 Å². The molecule has 3 N–H and O–H groups in total. The van der Waals surface area contributed by atoms with Crippen LogP contribution in [0.2, 0.25) is 5.02 Å². The normalized spacial score (nSPS) is 11.9. The number of hydrogen-bond donors (Lipinski definition) is 3. The molecule has 1 unspecified atom stereocenters. The molecule has 1 rings (SSSR count). The van der Waals surface area contributed by atoms with Crippen LogP contribution in [0.1, 0.15) is 30.1 Å². The van der Waals surface area contributed by atoms with Gasteiger partial charge in [0.05, 0.1) is 17.0 Å². The van der Waals surface area contributed by atoms with Crippen molar-refractivity contribution < 1.29 is 19.8 Å². The number of nitrogens with one attached hydrogen (secondary N) is 1. The maximum absolute atomic E-state index is 11.9. The summed E-state index contributed by atoms with van der Waals surface area (Å²) in [7, 11) is 0. The Morgan fingerprint density at radius 1 is 1.44 bits per heavy atom. The second-order valence-corrected chi connectivity index (χ2v) is 4.25. The van der Waals surface area contributed by atoms with Crippen molar-refractivity contribution in [3.63, 3.8) is 0 Å². The number of phenols is 1. The lowest BCUT2D eigenvalue weighted by molar-refractivity contribution is -0.137. The van der Waals surface area contributed by atoms with E-state index in [1.54, 1.807) is 6.92 Å². The summed E-state index contributed by atoms with van der Waals surface area (Å²) >= 11 is 5.84. The first-order valence-corrected chi connectivity index (χ1v) is 5.83. The minimum atomic E-state index is -0.982. The highest BCUT2D eigenvalue weighted by atomic mass is 35.5. The molecule has 0 aromatic heterocycles. The van der Waals surface area contributed by atoms with Crippen molar-refractivity contribution in [1.82, 2.24) is 5.32 Å². The number of aromatic hydroxyl groups is 1. The van der Waals surface area contributed by atoms with E-state index in [2.05, 4.69) is 5.32 Å². The number of phenolic OH excluding ortho intramolecular Hbond substituents is 1. The highest BCUT2D eigenvalue weighted by Crippen LogP contribution is 2.21. The zero-order valence-electron chi connectivity index (χ0n) is 9.81. The third-order valence-electron chi connectivity index (χ3n) is 2.44. The van der Waals surface area contributed by atoms with Crippen molar-refractivity contribution in [3.05, 3.63) is 28.8 Å². The van der Waals surface area contributed by atoms with Crippen LogP contribution >= 0.6 is 11.6 Å². The van der Waals surface area contributed by atoms with Crippen molar-refractivity contribution in [1.29, 1.82) is 0 Å². The van der Waals surface area contributed by atoms with E-state index >= 15 is 0 Å². The van der Waals surface area contributed by atoms with Crippen LogP contribution in [0.3, 0.4) is 0 Å². The summed E-state index contributed by atoms with van der Waals surface area (Å²) < 4.78 is 0. The first-order chi connectivity index (χ1) is 8.43. The van der Waals surface area contributed by atoms with Crippen LogP contribution in [-0.2, 0) is 4.79 Å². The van der Waals surface area contributed by atoms with Crippen LogP contribution in [0.5, 0.6) is 5.75 Å². The Morgan fingerprint density at radius 3 is 2.67 bits per heavy atom. The number of aliphatic carboxylic acids is 1. The summed E-state index contributed by atoms with van der Waals surface area (Å²) in [6.45, 7) is 1.78. The minimum absolute atomic E-state index is 0.0733. The van der Waals surface area contributed by atoms with Gasteiger partial charge >= 0.3 is 5.97 Å². The summed E-state index contributed by atoms with van der Waals surface area (Å²) in [6.07, 6.45) is 0.340.